The number of carbonyl (C=O) groups is 1. The van der Waals surface area contributed by atoms with Crippen molar-refractivity contribution >= 4 is 6.09 Å². The van der Waals surface area contributed by atoms with Gasteiger partial charge in [-0.15, -0.1) is 0 Å². The third-order valence-electron chi connectivity index (χ3n) is 0.948. The van der Waals surface area contributed by atoms with Gasteiger partial charge in [0.2, 0.25) is 0 Å². The van der Waals surface area contributed by atoms with Gasteiger partial charge in [0.05, 0.1) is 7.11 Å². The highest BCUT2D eigenvalue weighted by Gasteiger charge is 2.10. The topological polar surface area (TPSA) is 38.3 Å². The molecule has 1 N–H and O–H groups in total. The zero-order valence-corrected chi connectivity index (χ0v) is 7.02. The largest absolute Gasteiger partial charge is 0.453 e. The van der Waals surface area contributed by atoms with E-state index < -0.39 is 0 Å². The Labute approximate surface area is 61.8 Å². The van der Waals surface area contributed by atoms with Gasteiger partial charge in [-0.25, -0.2) is 4.79 Å². The summed E-state index contributed by atoms with van der Waals surface area (Å²) in [6.45, 7) is 6.77. The van der Waals surface area contributed by atoms with E-state index in [1.807, 2.05) is 20.8 Å². The molecule has 1 amide bonds. The standard InChI is InChI=1S/C7H15NO2/c1-7(2,3)5-8-6(9)10-4/h5H2,1-4H3,(H,8,9). The fourth-order valence-electron chi connectivity index (χ4n) is 0.410. The molecule has 0 aromatic carbocycles. The molecule has 0 aromatic heterocycles. The van der Waals surface area contributed by atoms with E-state index in [1.54, 1.807) is 0 Å². The molecule has 0 aliphatic rings. The number of ether oxygens (including phenoxy) is 1. The van der Waals surface area contributed by atoms with Crippen LogP contribution >= 0.6 is 0 Å². The summed E-state index contributed by atoms with van der Waals surface area (Å²) in [5, 5.41) is 2.61. The van der Waals surface area contributed by atoms with E-state index >= 15 is 0 Å². The summed E-state index contributed by atoms with van der Waals surface area (Å²) in [5.41, 5.74) is 0.119. The summed E-state index contributed by atoms with van der Waals surface area (Å²) in [6, 6.07) is 0. The molecule has 0 aliphatic heterocycles. The summed E-state index contributed by atoms with van der Waals surface area (Å²) in [7, 11) is 1.36. The average Bonchev–Trinajstić information content (AvgIpc) is 1.81. The predicted molar refractivity (Wildman–Crippen MR) is 39.9 cm³/mol. The SMILES string of the molecule is COC(=O)NCC(C)(C)C. The monoisotopic (exact) mass is 145 g/mol. The van der Waals surface area contributed by atoms with Crippen LogP contribution in [0.1, 0.15) is 20.8 Å². The maximum Gasteiger partial charge on any atom is 0.406 e. The second-order valence-corrected chi connectivity index (χ2v) is 3.41. The van der Waals surface area contributed by atoms with E-state index in [9.17, 15) is 4.79 Å². The number of amides is 1. The molecule has 0 aromatic rings. The number of nitrogens with one attached hydrogen (secondary N) is 1. The van der Waals surface area contributed by atoms with Crippen LogP contribution in [0.3, 0.4) is 0 Å². The Hall–Kier alpha value is -0.730. The van der Waals surface area contributed by atoms with E-state index in [1.165, 1.54) is 7.11 Å². The summed E-state index contributed by atoms with van der Waals surface area (Å²) in [6.07, 6.45) is -0.366. The number of hydrogen-bond acceptors (Lipinski definition) is 2. The fraction of sp³-hybridized carbons (Fsp3) is 0.857. The van der Waals surface area contributed by atoms with Gasteiger partial charge in [0, 0.05) is 6.54 Å². The Morgan fingerprint density at radius 1 is 1.50 bits per heavy atom. The van der Waals surface area contributed by atoms with Gasteiger partial charge in [0.25, 0.3) is 0 Å². The third-order valence-corrected chi connectivity index (χ3v) is 0.948. The predicted octanol–water partition coefficient (Wildman–Crippen LogP) is 1.39. The smallest absolute Gasteiger partial charge is 0.406 e. The summed E-state index contributed by atoms with van der Waals surface area (Å²) in [5.74, 6) is 0. The van der Waals surface area contributed by atoms with E-state index in [2.05, 4.69) is 10.1 Å². The van der Waals surface area contributed by atoms with Gasteiger partial charge in [0.15, 0.2) is 0 Å². The van der Waals surface area contributed by atoms with E-state index in [4.69, 9.17) is 0 Å². The van der Waals surface area contributed by atoms with Gasteiger partial charge in [-0.1, -0.05) is 20.8 Å². The number of carbonyl (C=O) groups excluding carboxylic acids is 1. The van der Waals surface area contributed by atoms with E-state index in [-0.39, 0.29) is 11.5 Å². The molecule has 0 bridgehead atoms. The van der Waals surface area contributed by atoms with Gasteiger partial charge in [-0.3, -0.25) is 0 Å². The lowest BCUT2D eigenvalue weighted by Gasteiger charge is -2.17. The van der Waals surface area contributed by atoms with Crippen molar-refractivity contribution in [3.05, 3.63) is 0 Å². The minimum atomic E-state index is -0.366. The molecule has 3 nitrogen and oxygen atoms in total. The normalized spacial score (nSPS) is 10.8. The Morgan fingerprint density at radius 3 is 2.30 bits per heavy atom. The zero-order valence-electron chi connectivity index (χ0n) is 7.02. The van der Waals surface area contributed by atoms with Crippen LogP contribution in [-0.4, -0.2) is 19.7 Å². The van der Waals surface area contributed by atoms with Crippen molar-refractivity contribution in [2.75, 3.05) is 13.7 Å². The molecule has 0 radical (unpaired) electrons. The van der Waals surface area contributed by atoms with Crippen molar-refractivity contribution < 1.29 is 9.53 Å². The molecule has 3 heteroatoms. The number of methoxy groups -OCH3 is 1. The first-order chi connectivity index (χ1) is 4.45. The summed E-state index contributed by atoms with van der Waals surface area (Å²) in [4.78, 5) is 10.5. The average molecular weight is 145 g/mol. The van der Waals surface area contributed by atoms with Crippen LogP contribution in [0, 0.1) is 5.41 Å². The van der Waals surface area contributed by atoms with E-state index in [0.29, 0.717) is 6.54 Å². The van der Waals surface area contributed by atoms with Crippen LogP contribution in [0.5, 0.6) is 0 Å². The van der Waals surface area contributed by atoms with Gasteiger partial charge >= 0.3 is 6.09 Å². The Bertz CT molecular complexity index is 115. The molecule has 0 saturated carbocycles. The molecular weight excluding hydrogens is 130 g/mol. The van der Waals surface area contributed by atoms with Crippen molar-refractivity contribution in [1.29, 1.82) is 0 Å². The molecule has 0 saturated heterocycles. The highest BCUT2D eigenvalue weighted by molar-refractivity contribution is 5.66. The maximum absolute atomic E-state index is 10.5. The molecule has 0 heterocycles. The molecular formula is C7H15NO2. The lowest BCUT2D eigenvalue weighted by Crippen LogP contribution is -2.31. The number of alkyl carbamates (subject to hydrolysis) is 1. The zero-order chi connectivity index (χ0) is 8.20. The Kier molecular flexibility index (Phi) is 3.19. The lowest BCUT2D eigenvalue weighted by atomic mass is 9.97. The molecule has 0 rings (SSSR count). The third kappa shape index (κ3) is 5.41. The fourth-order valence-corrected chi connectivity index (χ4v) is 0.410. The lowest BCUT2D eigenvalue weighted by molar-refractivity contribution is 0.166. The highest BCUT2D eigenvalue weighted by Crippen LogP contribution is 2.09. The van der Waals surface area contributed by atoms with Crippen LogP contribution in [0.4, 0.5) is 4.79 Å². The van der Waals surface area contributed by atoms with Crippen molar-refractivity contribution in [2.24, 2.45) is 5.41 Å². The van der Waals surface area contributed by atoms with Gasteiger partial charge < -0.3 is 10.1 Å². The second kappa shape index (κ2) is 3.44. The van der Waals surface area contributed by atoms with Crippen LogP contribution in [0.15, 0.2) is 0 Å². The van der Waals surface area contributed by atoms with Crippen LogP contribution in [0.2, 0.25) is 0 Å². The first-order valence-electron chi connectivity index (χ1n) is 3.27. The van der Waals surface area contributed by atoms with Crippen molar-refractivity contribution in [1.82, 2.24) is 5.32 Å². The van der Waals surface area contributed by atoms with Crippen molar-refractivity contribution in [3.63, 3.8) is 0 Å². The van der Waals surface area contributed by atoms with Crippen LogP contribution in [0.25, 0.3) is 0 Å². The molecule has 0 unspecified atom stereocenters. The van der Waals surface area contributed by atoms with Crippen molar-refractivity contribution in [2.45, 2.75) is 20.8 Å². The first-order valence-corrected chi connectivity index (χ1v) is 3.27. The van der Waals surface area contributed by atoms with Crippen LogP contribution < -0.4 is 5.32 Å². The van der Waals surface area contributed by atoms with Gasteiger partial charge in [-0.05, 0) is 5.41 Å². The van der Waals surface area contributed by atoms with Gasteiger partial charge in [-0.2, -0.15) is 0 Å². The molecule has 0 fully saturated rings. The molecule has 0 spiro atoms. The first kappa shape index (κ1) is 9.27. The number of rotatable bonds is 1. The van der Waals surface area contributed by atoms with Crippen molar-refractivity contribution in [3.8, 4) is 0 Å². The second-order valence-electron chi connectivity index (χ2n) is 3.41. The number of hydrogen-bond donors (Lipinski definition) is 1. The Morgan fingerprint density at radius 2 is 2.00 bits per heavy atom. The molecule has 0 atom stereocenters. The molecule has 60 valence electrons. The highest BCUT2D eigenvalue weighted by atomic mass is 16.5. The molecule has 0 aliphatic carbocycles. The van der Waals surface area contributed by atoms with E-state index in [0.717, 1.165) is 0 Å². The minimum Gasteiger partial charge on any atom is -0.453 e. The minimum absolute atomic E-state index is 0.119. The Balaban J connectivity index is 3.46. The maximum atomic E-state index is 10.5. The summed E-state index contributed by atoms with van der Waals surface area (Å²) >= 11 is 0. The quantitative estimate of drug-likeness (QED) is 0.605. The summed E-state index contributed by atoms with van der Waals surface area (Å²) < 4.78 is 4.40. The van der Waals surface area contributed by atoms with Crippen LogP contribution in [-0.2, 0) is 4.74 Å². The molecule has 10 heavy (non-hydrogen) atoms. The van der Waals surface area contributed by atoms with Gasteiger partial charge in [0.1, 0.15) is 0 Å².